The molecule has 3 fully saturated rings. The summed E-state index contributed by atoms with van der Waals surface area (Å²) in [5.74, 6) is -1.09. The molecule has 0 bridgehead atoms. The zero-order valence-electron chi connectivity index (χ0n) is 12.1. The molecule has 6 heteroatoms. The van der Waals surface area contributed by atoms with Crippen molar-refractivity contribution in [3.8, 4) is 0 Å². The van der Waals surface area contributed by atoms with Crippen LogP contribution in [0.1, 0.15) is 30.9 Å². The minimum Gasteiger partial charge on any atom is -0.351 e. The SMILES string of the molecule is O=C1N2COC(c3cc(F)cc(F)c3)C2CC12CCNCC2. The second-order valence-corrected chi connectivity index (χ2v) is 6.50. The molecule has 1 N–H and O–H groups in total. The summed E-state index contributed by atoms with van der Waals surface area (Å²) in [7, 11) is 0. The average Bonchev–Trinajstić information content (AvgIpc) is 2.99. The quantitative estimate of drug-likeness (QED) is 0.862. The lowest BCUT2D eigenvalue weighted by molar-refractivity contribution is -0.139. The van der Waals surface area contributed by atoms with Crippen LogP contribution in [0.3, 0.4) is 0 Å². The van der Waals surface area contributed by atoms with Gasteiger partial charge in [0.1, 0.15) is 24.5 Å². The molecule has 1 aromatic rings. The Morgan fingerprint density at radius 2 is 1.86 bits per heavy atom. The molecule has 3 aliphatic heterocycles. The van der Waals surface area contributed by atoms with Crippen LogP contribution >= 0.6 is 0 Å². The van der Waals surface area contributed by atoms with Crippen molar-refractivity contribution in [1.82, 2.24) is 10.2 Å². The Balaban J connectivity index is 1.64. The Morgan fingerprint density at radius 3 is 2.55 bits per heavy atom. The highest BCUT2D eigenvalue weighted by Gasteiger charge is 2.56. The third-order valence-corrected chi connectivity index (χ3v) is 5.23. The first-order valence-corrected chi connectivity index (χ1v) is 7.68. The van der Waals surface area contributed by atoms with Crippen LogP contribution in [0.15, 0.2) is 18.2 Å². The van der Waals surface area contributed by atoms with E-state index in [1.807, 2.05) is 0 Å². The number of nitrogens with one attached hydrogen (secondary N) is 1. The average molecular weight is 308 g/mol. The van der Waals surface area contributed by atoms with Gasteiger partial charge >= 0.3 is 0 Å². The number of ether oxygens (including phenoxy) is 1. The van der Waals surface area contributed by atoms with Gasteiger partial charge in [0.25, 0.3) is 0 Å². The largest absolute Gasteiger partial charge is 0.351 e. The van der Waals surface area contributed by atoms with Gasteiger partial charge in [0.2, 0.25) is 5.91 Å². The van der Waals surface area contributed by atoms with Crippen LogP contribution < -0.4 is 5.32 Å². The van der Waals surface area contributed by atoms with E-state index in [2.05, 4.69) is 5.32 Å². The molecule has 22 heavy (non-hydrogen) atoms. The Hall–Kier alpha value is -1.53. The zero-order chi connectivity index (χ0) is 15.3. The lowest BCUT2D eigenvalue weighted by Crippen LogP contribution is -2.42. The van der Waals surface area contributed by atoms with Gasteiger partial charge in [-0.1, -0.05) is 0 Å². The maximum absolute atomic E-state index is 13.5. The fourth-order valence-electron chi connectivity index (χ4n) is 4.13. The minimum absolute atomic E-state index is 0.119. The van der Waals surface area contributed by atoms with Gasteiger partial charge in [-0.25, -0.2) is 8.78 Å². The Kier molecular flexibility index (Phi) is 3.20. The highest BCUT2D eigenvalue weighted by Crippen LogP contribution is 2.49. The Labute approximate surface area is 127 Å². The summed E-state index contributed by atoms with van der Waals surface area (Å²) in [6.07, 6.45) is 1.91. The summed E-state index contributed by atoms with van der Waals surface area (Å²) in [4.78, 5) is 14.5. The van der Waals surface area contributed by atoms with E-state index >= 15 is 0 Å². The first-order chi connectivity index (χ1) is 10.6. The second kappa shape index (κ2) is 4.99. The summed E-state index contributed by atoms with van der Waals surface area (Å²) in [5.41, 5.74) is 0.160. The van der Waals surface area contributed by atoms with E-state index in [1.54, 1.807) is 4.90 Å². The van der Waals surface area contributed by atoms with Crippen LogP contribution in [0.25, 0.3) is 0 Å². The highest BCUT2D eigenvalue weighted by atomic mass is 19.1. The lowest BCUT2D eigenvalue weighted by atomic mass is 9.75. The fourth-order valence-corrected chi connectivity index (χ4v) is 4.13. The molecule has 2 atom stereocenters. The number of rotatable bonds is 1. The van der Waals surface area contributed by atoms with E-state index in [4.69, 9.17) is 4.74 Å². The van der Waals surface area contributed by atoms with E-state index in [-0.39, 0.29) is 24.1 Å². The van der Waals surface area contributed by atoms with E-state index in [0.29, 0.717) is 12.0 Å². The molecule has 3 heterocycles. The first-order valence-electron chi connectivity index (χ1n) is 7.68. The molecule has 4 nitrogen and oxygen atoms in total. The van der Waals surface area contributed by atoms with Crippen molar-refractivity contribution in [3.63, 3.8) is 0 Å². The Bertz CT molecular complexity index is 596. The molecule has 3 aliphatic rings. The van der Waals surface area contributed by atoms with Crippen molar-refractivity contribution < 1.29 is 18.3 Å². The number of piperidine rings is 1. The molecular formula is C16H18F2N2O2. The van der Waals surface area contributed by atoms with Crippen molar-refractivity contribution in [2.75, 3.05) is 19.8 Å². The highest BCUT2D eigenvalue weighted by molar-refractivity contribution is 5.86. The van der Waals surface area contributed by atoms with Crippen LogP contribution in [-0.2, 0) is 9.53 Å². The molecule has 118 valence electrons. The summed E-state index contributed by atoms with van der Waals surface area (Å²) in [6.45, 7) is 1.89. The van der Waals surface area contributed by atoms with Crippen LogP contribution in [0.4, 0.5) is 8.78 Å². The van der Waals surface area contributed by atoms with Gasteiger partial charge in [0.05, 0.1) is 11.5 Å². The van der Waals surface area contributed by atoms with E-state index in [0.717, 1.165) is 32.0 Å². The van der Waals surface area contributed by atoms with Crippen LogP contribution in [0, 0.1) is 17.0 Å². The molecule has 1 aromatic carbocycles. The maximum atomic E-state index is 13.5. The van der Waals surface area contributed by atoms with Gasteiger partial charge in [-0.15, -0.1) is 0 Å². The summed E-state index contributed by atoms with van der Waals surface area (Å²) >= 11 is 0. The molecule has 0 aromatic heterocycles. The monoisotopic (exact) mass is 308 g/mol. The van der Waals surface area contributed by atoms with Crippen LogP contribution in [0.2, 0.25) is 0 Å². The molecule has 1 amide bonds. The van der Waals surface area contributed by atoms with Crippen LogP contribution in [-0.4, -0.2) is 36.7 Å². The summed E-state index contributed by atoms with van der Waals surface area (Å²) in [6, 6.07) is 3.33. The topological polar surface area (TPSA) is 41.6 Å². The van der Waals surface area contributed by atoms with Crippen molar-refractivity contribution in [2.24, 2.45) is 5.41 Å². The fraction of sp³-hybridized carbons (Fsp3) is 0.562. The predicted octanol–water partition coefficient (Wildman–Crippen LogP) is 1.96. The van der Waals surface area contributed by atoms with Gasteiger partial charge in [0, 0.05) is 6.07 Å². The standard InChI is InChI=1S/C16H18F2N2O2/c17-11-5-10(6-12(18)7-11)14-13-8-16(1-3-19-4-2-16)15(21)20(13)9-22-14/h5-7,13-14,19H,1-4,8-9H2. The number of halogens is 2. The first kappa shape index (κ1) is 14.1. The van der Waals surface area contributed by atoms with Crippen molar-refractivity contribution in [3.05, 3.63) is 35.4 Å². The number of carbonyl (C=O) groups excluding carboxylic acids is 1. The lowest BCUT2D eigenvalue weighted by Gasteiger charge is -2.32. The third-order valence-electron chi connectivity index (χ3n) is 5.23. The molecule has 1 spiro atoms. The molecule has 0 saturated carbocycles. The molecule has 0 radical (unpaired) electrons. The van der Waals surface area contributed by atoms with Crippen molar-refractivity contribution in [1.29, 1.82) is 0 Å². The number of nitrogens with zero attached hydrogens (tertiary/aromatic N) is 1. The normalized spacial score (nSPS) is 30.1. The van der Waals surface area contributed by atoms with Gasteiger partial charge < -0.3 is 15.0 Å². The predicted molar refractivity (Wildman–Crippen MR) is 74.8 cm³/mol. The van der Waals surface area contributed by atoms with Crippen molar-refractivity contribution in [2.45, 2.75) is 31.4 Å². The molecule has 3 saturated heterocycles. The van der Waals surface area contributed by atoms with Gasteiger partial charge in [0.15, 0.2) is 0 Å². The number of fused-ring (bicyclic) bond motifs is 1. The molecule has 2 unspecified atom stereocenters. The van der Waals surface area contributed by atoms with E-state index in [1.165, 1.54) is 12.1 Å². The number of hydrogen-bond acceptors (Lipinski definition) is 3. The van der Waals surface area contributed by atoms with Gasteiger partial charge in [-0.2, -0.15) is 0 Å². The second-order valence-electron chi connectivity index (χ2n) is 6.50. The van der Waals surface area contributed by atoms with Crippen molar-refractivity contribution >= 4 is 5.91 Å². The number of amides is 1. The van der Waals surface area contributed by atoms with E-state index in [9.17, 15) is 13.6 Å². The number of benzene rings is 1. The molecule has 0 aliphatic carbocycles. The summed E-state index contributed by atoms with van der Waals surface area (Å²) in [5, 5.41) is 3.28. The third kappa shape index (κ3) is 2.05. The zero-order valence-corrected chi connectivity index (χ0v) is 12.1. The summed E-state index contributed by atoms with van der Waals surface area (Å²) < 4.78 is 32.6. The molecular weight excluding hydrogens is 290 g/mol. The maximum Gasteiger partial charge on any atom is 0.231 e. The number of hydrogen-bond donors (Lipinski definition) is 1. The van der Waals surface area contributed by atoms with Gasteiger partial charge in [-0.3, -0.25) is 4.79 Å². The minimum atomic E-state index is -0.613. The smallest absolute Gasteiger partial charge is 0.231 e. The van der Waals surface area contributed by atoms with E-state index < -0.39 is 17.7 Å². The molecule has 4 rings (SSSR count). The number of carbonyl (C=O) groups is 1. The Morgan fingerprint density at radius 1 is 1.18 bits per heavy atom. The van der Waals surface area contributed by atoms with Crippen LogP contribution in [0.5, 0.6) is 0 Å². The van der Waals surface area contributed by atoms with Gasteiger partial charge in [-0.05, 0) is 50.0 Å².